The number of carbonyl (C=O) groups excluding carboxylic acids is 2. The van der Waals surface area contributed by atoms with Crippen molar-refractivity contribution in [2.75, 3.05) is 23.4 Å². The zero-order valence-electron chi connectivity index (χ0n) is 26.0. The molecule has 1 atom stereocenters. The molecule has 0 aliphatic heterocycles. The molecule has 6 aromatic rings. The van der Waals surface area contributed by atoms with Gasteiger partial charge in [-0.1, -0.05) is 97.1 Å². The molecule has 0 aliphatic carbocycles. The van der Waals surface area contributed by atoms with Gasteiger partial charge in [-0.2, -0.15) is 0 Å². The van der Waals surface area contributed by atoms with E-state index < -0.39 is 12.0 Å². The van der Waals surface area contributed by atoms with Gasteiger partial charge in [0.2, 0.25) is 0 Å². The van der Waals surface area contributed by atoms with Gasteiger partial charge in [0.1, 0.15) is 24.1 Å². The predicted molar refractivity (Wildman–Crippen MR) is 187 cm³/mol. The molecular weight excluding hydrogens is 602 g/mol. The second-order valence-electron chi connectivity index (χ2n) is 11.2. The molecule has 0 aliphatic rings. The van der Waals surface area contributed by atoms with Crippen LogP contribution in [0.4, 0.5) is 11.4 Å². The Hall–Kier alpha value is -6.28. The third-order valence-corrected chi connectivity index (χ3v) is 7.95. The summed E-state index contributed by atoms with van der Waals surface area (Å²) in [6.07, 6.45) is 1.88. The van der Waals surface area contributed by atoms with Gasteiger partial charge in [0.25, 0.3) is 5.91 Å². The first-order valence-electron chi connectivity index (χ1n) is 15.6. The molecule has 8 nitrogen and oxygen atoms in total. The maximum Gasteiger partial charge on any atom is 0.326 e. The molecule has 0 radical (unpaired) electrons. The summed E-state index contributed by atoms with van der Waals surface area (Å²) in [5.74, 6) is -0.874. The van der Waals surface area contributed by atoms with Gasteiger partial charge in [-0.05, 0) is 53.4 Å². The van der Waals surface area contributed by atoms with Crippen LogP contribution in [0.15, 0.2) is 146 Å². The topological polar surface area (TPSA) is 109 Å². The highest BCUT2D eigenvalue weighted by Gasteiger charge is 2.22. The molecule has 1 amide bonds. The number of anilines is 2. The first kappa shape index (κ1) is 31.7. The Morgan fingerprint density at radius 3 is 2.12 bits per heavy atom. The van der Waals surface area contributed by atoms with E-state index in [1.165, 1.54) is 0 Å². The Bertz CT molecular complexity index is 2030. The summed E-state index contributed by atoms with van der Waals surface area (Å²) in [7, 11) is 0. The van der Waals surface area contributed by atoms with Crippen molar-refractivity contribution in [1.82, 2.24) is 4.98 Å². The van der Waals surface area contributed by atoms with Crippen LogP contribution in [-0.2, 0) is 11.2 Å². The quantitative estimate of drug-likeness (QED) is 0.128. The molecule has 0 spiro atoms. The van der Waals surface area contributed by atoms with Gasteiger partial charge in [0.05, 0.1) is 6.54 Å². The van der Waals surface area contributed by atoms with Gasteiger partial charge < -0.3 is 20.1 Å². The SMILES string of the molecule is O=C(c1ccccc1)c1ccccc1NC(Cc1ccc(OCCN(C(=O)c2cc3ccccc3cn2)c2ccccc2)cc1)C(=O)O. The summed E-state index contributed by atoms with van der Waals surface area (Å²) >= 11 is 0. The minimum atomic E-state index is -1.04. The van der Waals surface area contributed by atoms with Crippen LogP contribution in [-0.4, -0.2) is 46.9 Å². The van der Waals surface area contributed by atoms with E-state index in [-0.39, 0.29) is 31.3 Å². The van der Waals surface area contributed by atoms with Crippen molar-refractivity contribution in [3.63, 3.8) is 0 Å². The van der Waals surface area contributed by atoms with E-state index in [2.05, 4.69) is 10.3 Å². The minimum Gasteiger partial charge on any atom is -0.492 e. The third-order valence-electron chi connectivity index (χ3n) is 7.95. The minimum absolute atomic E-state index is 0.179. The largest absolute Gasteiger partial charge is 0.492 e. The normalized spacial score (nSPS) is 11.4. The van der Waals surface area contributed by atoms with Crippen molar-refractivity contribution < 1.29 is 24.2 Å². The van der Waals surface area contributed by atoms with E-state index in [1.54, 1.807) is 77.8 Å². The van der Waals surface area contributed by atoms with E-state index in [9.17, 15) is 19.5 Å². The summed E-state index contributed by atoms with van der Waals surface area (Å²) in [6.45, 7) is 0.504. The summed E-state index contributed by atoms with van der Waals surface area (Å²) in [5, 5.41) is 15.0. The number of nitrogens with one attached hydrogen (secondary N) is 1. The highest BCUT2D eigenvalue weighted by atomic mass is 16.5. The Labute approximate surface area is 278 Å². The van der Waals surface area contributed by atoms with E-state index in [0.717, 1.165) is 22.0 Å². The molecule has 1 aromatic heterocycles. The number of carboxylic acids is 1. The maximum absolute atomic E-state index is 13.6. The molecule has 2 N–H and O–H groups in total. The molecule has 0 bridgehead atoms. The lowest BCUT2D eigenvalue weighted by Crippen LogP contribution is -2.35. The van der Waals surface area contributed by atoms with Crippen LogP contribution in [0.5, 0.6) is 5.75 Å². The number of carboxylic acid groups (broad SMARTS) is 1. The van der Waals surface area contributed by atoms with Crippen molar-refractivity contribution in [2.45, 2.75) is 12.5 Å². The van der Waals surface area contributed by atoms with Crippen molar-refractivity contribution >= 4 is 39.8 Å². The average Bonchev–Trinajstić information content (AvgIpc) is 3.14. The Kier molecular flexibility index (Phi) is 9.82. The monoisotopic (exact) mass is 635 g/mol. The fourth-order valence-electron chi connectivity index (χ4n) is 5.45. The summed E-state index contributed by atoms with van der Waals surface area (Å²) in [6, 6.07) is 41.0. The number of amides is 1. The molecule has 5 aromatic carbocycles. The van der Waals surface area contributed by atoms with E-state index in [4.69, 9.17) is 4.74 Å². The van der Waals surface area contributed by atoms with E-state index in [0.29, 0.717) is 28.3 Å². The van der Waals surface area contributed by atoms with Crippen LogP contribution in [0.3, 0.4) is 0 Å². The highest BCUT2D eigenvalue weighted by molar-refractivity contribution is 6.12. The lowest BCUT2D eigenvalue weighted by molar-refractivity contribution is -0.137. The first-order valence-corrected chi connectivity index (χ1v) is 15.6. The van der Waals surface area contributed by atoms with E-state index >= 15 is 0 Å². The molecule has 0 saturated heterocycles. The number of hydrogen-bond donors (Lipinski definition) is 2. The molecule has 1 unspecified atom stereocenters. The van der Waals surface area contributed by atoms with Crippen molar-refractivity contribution in [2.24, 2.45) is 0 Å². The van der Waals surface area contributed by atoms with Crippen molar-refractivity contribution in [3.8, 4) is 5.75 Å². The van der Waals surface area contributed by atoms with Gasteiger partial charge in [0.15, 0.2) is 5.78 Å². The van der Waals surface area contributed by atoms with Gasteiger partial charge in [0, 0.05) is 40.5 Å². The molecule has 48 heavy (non-hydrogen) atoms. The van der Waals surface area contributed by atoms with E-state index in [1.807, 2.05) is 72.8 Å². The number of ketones is 1. The number of fused-ring (bicyclic) bond motifs is 1. The molecule has 8 heteroatoms. The predicted octanol–water partition coefficient (Wildman–Crippen LogP) is 7.30. The van der Waals surface area contributed by atoms with Crippen LogP contribution < -0.4 is 15.0 Å². The summed E-state index contributed by atoms with van der Waals surface area (Å²) < 4.78 is 6.02. The number of carbonyl (C=O) groups is 3. The van der Waals surface area contributed by atoms with Crippen LogP contribution in [0.25, 0.3) is 10.8 Å². The van der Waals surface area contributed by atoms with Crippen LogP contribution >= 0.6 is 0 Å². The number of rotatable bonds is 13. The van der Waals surface area contributed by atoms with Gasteiger partial charge in [-0.15, -0.1) is 0 Å². The fraction of sp³-hybridized carbons (Fsp3) is 0.100. The average molecular weight is 636 g/mol. The Morgan fingerprint density at radius 1 is 0.750 bits per heavy atom. The number of pyridine rings is 1. The molecular formula is C40H33N3O5. The zero-order valence-corrected chi connectivity index (χ0v) is 26.0. The van der Waals surface area contributed by atoms with Gasteiger partial charge in [-0.3, -0.25) is 14.6 Å². The van der Waals surface area contributed by atoms with Gasteiger partial charge in [-0.25, -0.2) is 4.79 Å². The number of nitrogens with zero attached hydrogens (tertiary/aromatic N) is 2. The number of hydrogen-bond acceptors (Lipinski definition) is 6. The standard InChI is InChI=1S/C40H33N3O5/c44-38(29-11-3-1-4-12-29)34-17-9-10-18-35(34)42-37(40(46)47)25-28-19-21-33(22-20-28)48-24-23-43(32-15-5-2-6-16-32)39(45)36-26-30-13-7-8-14-31(30)27-41-36/h1-22,26-27,37,42H,23-25H2,(H,46,47). The molecule has 6 rings (SSSR count). The summed E-state index contributed by atoms with van der Waals surface area (Å²) in [4.78, 5) is 45.1. The second kappa shape index (κ2) is 14.9. The number of ether oxygens (including phenoxy) is 1. The first-order chi connectivity index (χ1) is 23.5. The number of para-hydroxylation sites is 2. The van der Waals surface area contributed by atoms with Crippen LogP contribution in [0.1, 0.15) is 32.0 Å². The van der Waals surface area contributed by atoms with Crippen LogP contribution in [0, 0.1) is 0 Å². The lowest BCUT2D eigenvalue weighted by atomic mass is 10.00. The number of aliphatic carboxylic acids is 1. The zero-order chi connectivity index (χ0) is 33.3. The Balaban J connectivity index is 1.10. The third kappa shape index (κ3) is 7.57. The van der Waals surface area contributed by atoms with Crippen LogP contribution in [0.2, 0.25) is 0 Å². The van der Waals surface area contributed by atoms with Crippen molar-refractivity contribution in [3.05, 3.63) is 168 Å². The van der Waals surface area contributed by atoms with Gasteiger partial charge >= 0.3 is 5.97 Å². The molecule has 1 heterocycles. The second-order valence-corrected chi connectivity index (χ2v) is 11.2. The lowest BCUT2D eigenvalue weighted by Gasteiger charge is -2.23. The molecule has 0 fully saturated rings. The number of aromatic nitrogens is 1. The highest BCUT2D eigenvalue weighted by Crippen LogP contribution is 2.23. The summed E-state index contributed by atoms with van der Waals surface area (Å²) in [5.41, 5.74) is 3.23. The number of benzene rings is 5. The smallest absolute Gasteiger partial charge is 0.326 e. The fourth-order valence-corrected chi connectivity index (χ4v) is 5.45. The maximum atomic E-state index is 13.6. The Morgan fingerprint density at radius 2 is 1.40 bits per heavy atom. The molecule has 0 saturated carbocycles. The molecule has 238 valence electrons. The van der Waals surface area contributed by atoms with Crippen molar-refractivity contribution in [1.29, 1.82) is 0 Å².